The summed E-state index contributed by atoms with van der Waals surface area (Å²) in [5, 5.41) is 9.80. The Kier molecular flexibility index (Phi) is 4.21. The van der Waals surface area contributed by atoms with Gasteiger partial charge in [0.2, 0.25) is 0 Å². The molecule has 1 aromatic rings. The topological polar surface area (TPSA) is 42.4 Å². The number of nitrogens with zero attached hydrogens (tertiary/aromatic N) is 1. The summed E-state index contributed by atoms with van der Waals surface area (Å²) in [6.45, 7) is 3.53. The molecule has 0 aliphatic rings. The fraction of sp³-hybridized carbons (Fsp3) is 0.625. The average Bonchev–Trinajstić information content (AvgIpc) is 2.53. The number of hydrogen-bond donors (Lipinski definition) is 1. The van der Waals surface area contributed by atoms with E-state index in [1.165, 1.54) is 0 Å². The molecule has 0 unspecified atom stereocenters. The van der Waals surface area contributed by atoms with Gasteiger partial charge in [0, 0.05) is 19.2 Å². The molecule has 12 heavy (non-hydrogen) atoms. The molecule has 0 atom stereocenters. The predicted octanol–water partition coefficient (Wildman–Crippen LogP) is 1.21. The molecule has 68 valence electrons. The molecule has 1 N–H and O–H groups in total. The smallest absolute Gasteiger partial charge is 0.0951 e. The standard InChI is InChI=1S/C8H13NO2S/c1-2-11-4-3-8-9-5-7(6-10)12-8/h5,10H,2-4,6H2,1H3. The van der Waals surface area contributed by atoms with Crippen molar-refractivity contribution in [2.45, 2.75) is 20.0 Å². The van der Waals surface area contributed by atoms with Crippen LogP contribution < -0.4 is 0 Å². The number of aliphatic hydroxyl groups is 1. The number of ether oxygens (including phenoxy) is 1. The Morgan fingerprint density at radius 2 is 2.50 bits per heavy atom. The highest BCUT2D eigenvalue weighted by atomic mass is 32.1. The molecule has 0 amide bonds. The molecule has 4 heteroatoms. The monoisotopic (exact) mass is 187 g/mol. The summed E-state index contributed by atoms with van der Waals surface area (Å²) in [6.07, 6.45) is 2.56. The van der Waals surface area contributed by atoms with E-state index in [1.807, 2.05) is 6.92 Å². The zero-order chi connectivity index (χ0) is 8.81. The molecule has 0 aromatic carbocycles. The van der Waals surface area contributed by atoms with Gasteiger partial charge < -0.3 is 9.84 Å². The second kappa shape index (κ2) is 5.24. The summed E-state index contributed by atoms with van der Waals surface area (Å²) in [5.74, 6) is 0. The summed E-state index contributed by atoms with van der Waals surface area (Å²) in [4.78, 5) is 5.06. The maximum absolute atomic E-state index is 8.76. The van der Waals surface area contributed by atoms with Gasteiger partial charge in [0.1, 0.15) is 0 Å². The van der Waals surface area contributed by atoms with E-state index < -0.39 is 0 Å². The third-order valence-corrected chi connectivity index (χ3v) is 2.46. The van der Waals surface area contributed by atoms with Crippen LogP contribution in [-0.4, -0.2) is 23.3 Å². The van der Waals surface area contributed by atoms with Crippen LogP contribution in [0.5, 0.6) is 0 Å². The minimum Gasteiger partial charge on any atom is -0.391 e. The van der Waals surface area contributed by atoms with Gasteiger partial charge in [-0.25, -0.2) is 4.98 Å². The Bertz CT molecular complexity index is 225. The highest BCUT2D eigenvalue weighted by Crippen LogP contribution is 2.12. The fourth-order valence-electron chi connectivity index (χ4n) is 0.841. The van der Waals surface area contributed by atoms with E-state index in [4.69, 9.17) is 9.84 Å². The van der Waals surface area contributed by atoms with Crippen LogP contribution >= 0.6 is 11.3 Å². The Morgan fingerprint density at radius 1 is 1.67 bits per heavy atom. The van der Waals surface area contributed by atoms with Crippen molar-refractivity contribution in [2.75, 3.05) is 13.2 Å². The van der Waals surface area contributed by atoms with Gasteiger partial charge in [-0.2, -0.15) is 0 Å². The zero-order valence-corrected chi connectivity index (χ0v) is 7.93. The largest absolute Gasteiger partial charge is 0.391 e. The van der Waals surface area contributed by atoms with E-state index in [9.17, 15) is 0 Å². The first kappa shape index (κ1) is 9.64. The van der Waals surface area contributed by atoms with Gasteiger partial charge in [0.15, 0.2) is 0 Å². The van der Waals surface area contributed by atoms with E-state index >= 15 is 0 Å². The van der Waals surface area contributed by atoms with Gasteiger partial charge in [-0.3, -0.25) is 0 Å². The molecule has 0 radical (unpaired) electrons. The SMILES string of the molecule is CCOCCc1ncc(CO)s1. The number of hydrogen-bond acceptors (Lipinski definition) is 4. The molecule has 0 spiro atoms. The Balaban J connectivity index is 2.31. The van der Waals surface area contributed by atoms with Crippen LogP contribution in [0.4, 0.5) is 0 Å². The van der Waals surface area contributed by atoms with Crippen LogP contribution in [0.25, 0.3) is 0 Å². The molecule has 0 aliphatic heterocycles. The maximum atomic E-state index is 8.76. The fourth-order valence-corrected chi connectivity index (χ4v) is 1.60. The highest BCUT2D eigenvalue weighted by Gasteiger charge is 1.99. The highest BCUT2D eigenvalue weighted by molar-refractivity contribution is 7.11. The number of thiazole rings is 1. The first-order valence-electron chi connectivity index (χ1n) is 3.99. The number of aliphatic hydroxyl groups excluding tert-OH is 1. The lowest BCUT2D eigenvalue weighted by molar-refractivity contribution is 0.151. The van der Waals surface area contributed by atoms with E-state index in [-0.39, 0.29) is 6.61 Å². The first-order valence-corrected chi connectivity index (χ1v) is 4.80. The molecule has 0 saturated heterocycles. The normalized spacial score (nSPS) is 10.5. The molecule has 1 rings (SSSR count). The van der Waals surface area contributed by atoms with Crippen molar-refractivity contribution in [3.05, 3.63) is 16.1 Å². The summed E-state index contributed by atoms with van der Waals surface area (Å²) in [5.41, 5.74) is 0. The van der Waals surface area contributed by atoms with Crippen LogP contribution in [0.1, 0.15) is 16.8 Å². The summed E-state index contributed by atoms with van der Waals surface area (Å²) < 4.78 is 5.18. The van der Waals surface area contributed by atoms with Crippen LogP contribution in [0, 0.1) is 0 Å². The van der Waals surface area contributed by atoms with Crippen molar-refractivity contribution >= 4 is 11.3 Å². The molecule has 3 nitrogen and oxygen atoms in total. The van der Waals surface area contributed by atoms with Crippen molar-refractivity contribution < 1.29 is 9.84 Å². The average molecular weight is 187 g/mol. The summed E-state index contributed by atoms with van der Waals surface area (Å²) in [6, 6.07) is 0. The second-order valence-electron chi connectivity index (χ2n) is 2.33. The van der Waals surface area contributed by atoms with Gasteiger partial charge in [0.05, 0.1) is 23.1 Å². The lowest BCUT2D eigenvalue weighted by Gasteiger charge is -1.96. The second-order valence-corrected chi connectivity index (χ2v) is 3.53. The van der Waals surface area contributed by atoms with Crippen LogP contribution in [0.3, 0.4) is 0 Å². The molecular formula is C8H13NO2S. The third kappa shape index (κ3) is 2.89. The Morgan fingerprint density at radius 3 is 3.08 bits per heavy atom. The van der Waals surface area contributed by atoms with E-state index in [0.717, 1.165) is 29.5 Å². The molecule has 1 heterocycles. The molecule has 0 bridgehead atoms. The van der Waals surface area contributed by atoms with Crippen molar-refractivity contribution in [3.8, 4) is 0 Å². The van der Waals surface area contributed by atoms with Gasteiger partial charge in [-0.1, -0.05) is 0 Å². The summed E-state index contributed by atoms with van der Waals surface area (Å²) in [7, 11) is 0. The maximum Gasteiger partial charge on any atom is 0.0951 e. The Labute approximate surface area is 76.0 Å². The molecule has 0 saturated carbocycles. The minimum atomic E-state index is 0.0896. The lowest BCUT2D eigenvalue weighted by atomic mass is 10.5. The predicted molar refractivity (Wildman–Crippen MR) is 48.2 cm³/mol. The molecular weight excluding hydrogens is 174 g/mol. The molecule has 0 aliphatic carbocycles. The van der Waals surface area contributed by atoms with Crippen LogP contribution in [0.15, 0.2) is 6.20 Å². The van der Waals surface area contributed by atoms with Gasteiger partial charge in [-0.05, 0) is 6.92 Å². The van der Waals surface area contributed by atoms with E-state index in [1.54, 1.807) is 17.5 Å². The van der Waals surface area contributed by atoms with Gasteiger partial charge in [-0.15, -0.1) is 11.3 Å². The summed E-state index contributed by atoms with van der Waals surface area (Å²) >= 11 is 1.54. The minimum absolute atomic E-state index is 0.0896. The molecule has 0 fully saturated rings. The van der Waals surface area contributed by atoms with Crippen molar-refractivity contribution in [1.82, 2.24) is 4.98 Å². The van der Waals surface area contributed by atoms with Crippen molar-refractivity contribution in [2.24, 2.45) is 0 Å². The first-order chi connectivity index (χ1) is 5.86. The Hall–Kier alpha value is -0.450. The van der Waals surface area contributed by atoms with Crippen LogP contribution in [-0.2, 0) is 17.8 Å². The van der Waals surface area contributed by atoms with Crippen molar-refractivity contribution in [3.63, 3.8) is 0 Å². The van der Waals surface area contributed by atoms with E-state index in [2.05, 4.69) is 4.98 Å². The van der Waals surface area contributed by atoms with Gasteiger partial charge >= 0.3 is 0 Å². The molecule has 1 aromatic heterocycles. The number of rotatable bonds is 5. The zero-order valence-electron chi connectivity index (χ0n) is 7.12. The van der Waals surface area contributed by atoms with Gasteiger partial charge in [0.25, 0.3) is 0 Å². The quantitative estimate of drug-likeness (QED) is 0.705. The third-order valence-electron chi connectivity index (χ3n) is 1.42. The van der Waals surface area contributed by atoms with Crippen molar-refractivity contribution in [1.29, 1.82) is 0 Å². The van der Waals surface area contributed by atoms with E-state index in [0.29, 0.717) is 0 Å². The number of aromatic nitrogens is 1. The van der Waals surface area contributed by atoms with Crippen LogP contribution in [0.2, 0.25) is 0 Å². The lowest BCUT2D eigenvalue weighted by Crippen LogP contribution is -1.96.